The summed E-state index contributed by atoms with van der Waals surface area (Å²) in [6, 6.07) is 8.36. The molecule has 0 fully saturated rings. The Hall–Kier alpha value is -1.20. The van der Waals surface area contributed by atoms with Crippen molar-refractivity contribution in [3.8, 4) is 0 Å². The number of aryl methyl sites for hydroxylation is 1. The first kappa shape index (κ1) is 15.9. The Bertz CT molecular complexity index is 382. The number of nitrogens with zero attached hydrogens (tertiary/aromatic N) is 1. The summed E-state index contributed by atoms with van der Waals surface area (Å²) in [4.78, 5) is 13.0. The van der Waals surface area contributed by atoms with Gasteiger partial charge in [-0.2, -0.15) is 11.8 Å². The second-order valence-corrected chi connectivity index (χ2v) is 5.52. The van der Waals surface area contributed by atoms with E-state index in [0.29, 0.717) is 13.1 Å². The maximum Gasteiger partial charge on any atom is 0.317 e. The third kappa shape index (κ3) is 6.50. The molecule has 1 rings (SSSR count). The first-order valence-corrected chi connectivity index (χ1v) is 7.52. The van der Waals surface area contributed by atoms with E-state index >= 15 is 0 Å². The molecule has 0 aliphatic rings. The smallest absolute Gasteiger partial charge is 0.317 e. The van der Waals surface area contributed by atoms with Gasteiger partial charge in [-0.15, -0.1) is 0 Å². The third-order valence-corrected chi connectivity index (χ3v) is 3.72. The highest BCUT2D eigenvalue weighted by atomic mass is 32.2. The quantitative estimate of drug-likeness (QED) is 0.751. The molecule has 106 valence electrons. The van der Waals surface area contributed by atoms with Crippen molar-refractivity contribution in [2.45, 2.75) is 12.7 Å². The van der Waals surface area contributed by atoms with E-state index < -0.39 is 0 Å². The minimum atomic E-state index is -0.134. The highest BCUT2D eigenvalue weighted by Gasteiger charge is 2.05. The van der Waals surface area contributed by atoms with Crippen LogP contribution in [0.15, 0.2) is 24.3 Å². The molecule has 0 atom stereocenters. The Morgan fingerprint density at radius 3 is 2.68 bits per heavy atom. The van der Waals surface area contributed by atoms with Crippen LogP contribution in [0.4, 0.5) is 4.79 Å². The predicted octanol–water partition coefficient (Wildman–Crippen LogP) is 1.86. The lowest BCUT2D eigenvalue weighted by Crippen LogP contribution is -2.39. The lowest BCUT2D eigenvalue weighted by Gasteiger charge is -2.16. The summed E-state index contributed by atoms with van der Waals surface area (Å²) >= 11 is 1.80. The number of aliphatic hydroxyl groups excluding tert-OH is 1. The van der Waals surface area contributed by atoms with Gasteiger partial charge in [-0.25, -0.2) is 4.79 Å². The molecule has 2 amide bonds. The summed E-state index contributed by atoms with van der Waals surface area (Å²) in [5.74, 6) is 1.84. The molecule has 0 spiro atoms. The number of carbonyl (C=O) groups is 1. The molecule has 0 unspecified atom stereocenters. The van der Waals surface area contributed by atoms with E-state index in [1.165, 1.54) is 16.0 Å². The van der Waals surface area contributed by atoms with Crippen LogP contribution >= 0.6 is 11.8 Å². The summed E-state index contributed by atoms with van der Waals surface area (Å²) in [6.45, 7) is 3.08. The molecule has 19 heavy (non-hydrogen) atoms. The van der Waals surface area contributed by atoms with E-state index in [1.807, 2.05) is 0 Å². The SMILES string of the molecule is Cc1ccc(CSCCNC(=O)N(C)CCO)cc1. The van der Waals surface area contributed by atoms with Gasteiger partial charge in [0.15, 0.2) is 0 Å². The maximum absolute atomic E-state index is 11.5. The molecule has 0 radical (unpaired) electrons. The fraction of sp³-hybridized carbons (Fsp3) is 0.500. The number of nitrogens with one attached hydrogen (secondary N) is 1. The van der Waals surface area contributed by atoms with Gasteiger partial charge in [0.2, 0.25) is 0 Å². The van der Waals surface area contributed by atoms with Crippen LogP contribution in [0.2, 0.25) is 0 Å². The fourth-order valence-corrected chi connectivity index (χ4v) is 2.31. The number of urea groups is 1. The number of aliphatic hydroxyl groups is 1. The first-order chi connectivity index (χ1) is 9.13. The predicted molar refractivity (Wildman–Crippen MR) is 80.5 cm³/mol. The molecule has 1 aromatic rings. The van der Waals surface area contributed by atoms with E-state index in [-0.39, 0.29) is 12.6 Å². The van der Waals surface area contributed by atoms with Gasteiger partial charge in [-0.1, -0.05) is 29.8 Å². The highest BCUT2D eigenvalue weighted by molar-refractivity contribution is 7.98. The van der Waals surface area contributed by atoms with Crippen molar-refractivity contribution in [1.82, 2.24) is 10.2 Å². The van der Waals surface area contributed by atoms with Crippen LogP contribution < -0.4 is 5.32 Å². The highest BCUT2D eigenvalue weighted by Crippen LogP contribution is 2.12. The van der Waals surface area contributed by atoms with E-state index in [0.717, 1.165) is 11.5 Å². The second kappa shape index (κ2) is 8.82. The van der Waals surface area contributed by atoms with Crippen molar-refractivity contribution in [1.29, 1.82) is 0 Å². The zero-order valence-corrected chi connectivity index (χ0v) is 12.4. The number of thioether (sulfide) groups is 1. The summed E-state index contributed by atoms with van der Waals surface area (Å²) in [7, 11) is 1.67. The number of likely N-dealkylation sites (N-methyl/N-ethyl adjacent to an activating group) is 1. The van der Waals surface area contributed by atoms with Gasteiger partial charge < -0.3 is 15.3 Å². The van der Waals surface area contributed by atoms with Gasteiger partial charge in [0.05, 0.1) is 6.61 Å². The summed E-state index contributed by atoms with van der Waals surface area (Å²) in [5.41, 5.74) is 2.58. The minimum absolute atomic E-state index is 0.00784. The average molecular weight is 282 g/mol. The maximum atomic E-state index is 11.5. The first-order valence-electron chi connectivity index (χ1n) is 6.36. The van der Waals surface area contributed by atoms with Gasteiger partial charge in [0.25, 0.3) is 0 Å². The molecular formula is C14H22N2O2S. The second-order valence-electron chi connectivity index (χ2n) is 4.42. The Kier molecular flexibility index (Phi) is 7.36. The number of benzene rings is 1. The topological polar surface area (TPSA) is 52.6 Å². The van der Waals surface area contributed by atoms with Crippen LogP contribution in [-0.2, 0) is 5.75 Å². The molecule has 0 saturated heterocycles. The summed E-state index contributed by atoms with van der Waals surface area (Å²) in [5, 5.41) is 11.5. The zero-order chi connectivity index (χ0) is 14.1. The molecule has 5 heteroatoms. The molecule has 0 heterocycles. The number of amides is 2. The van der Waals surface area contributed by atoms with E-state index in [4.69, 9.17) is 5.11 Å². The van der Waals surface area contributed by atoms with Gasteiger partial charge in [0.1, 0.15) is 0 Å². The lowest BCUT2D eigenvalue weighted by molar-refractivity contribution is 0.191. The van der Waals surface area contributed by atoms with Crippen LogP contribution in [-0.4, -0.2) is 48.5 Å². The standard InChI is InChI=1S/C14H22N2O2S/c1-12-3-5-13(6-4-12)11-19-10-7-15-14(18)16(2)8-9-17/h3-6,17H,7-11H2,1-2H3,(H,15,18). The Balaban J connectivity index is 2.11. The van der Waals surface area contributed by atoms with Crippen LogP contribution in [0.5, 0.6) is 0 Å². The third-order valence-electron chi connectivity index (χ3n) is 2.69. The van der Waals surface area contributed by atoms with E-state index in [1.54, 1.807) is 18.8 Å². The normalized spacial score (nSPS) is 10.3. The van der Waals surface area contributed by atoms with Crippen LogP contribution in [0.3, 0.4) is 0 Å². The monoisotopic (exact) mass is 282 g/mol. The van der Waals surface area contributed by atoms with Crippen molar-refractivity contribution < 1.29 is 9.90 Å². The van der Waals surface area contributed by atoms with Crippen molar-refractivity contribution >= 4 is 17.8 Å². The van der Waals surface area contributed by atoms with Crippen molar-refractivity contribution in [3.05, 3.63) is 35.4 Å². The summed E-state index contributed by atoms with van der Waals surface area (Å²) < 4.78 is 0. The number of rotatable bonds is 7. The van der Waals surface area contributed by atoms with Gasteiger partial charge in [-0.3, -0.25) is 0 Å². The summed E-state index contributed by atoms with van der Waals surface area (Å²) in [6.07, 6.45) is 0. The molecule has 0 aliphatic carbocycles. The molecule has 4 nitrogen and oxygen atoms in total. The molecule has 2 N–H and O–H groups in total. The van der Waals surface area contributed by atoms with Gasteiger partial charge in [-0.05, 0) is 12.5 Å². The number of hydrogen-bond donors (Lipinski definition) is 2. The van der Waals surface area contributed by atoms with Crippen LogP contribution in [0.25, 0.3) is 0 Å². The lowest BCUT2D eigenvalue weighted by atomic mass is 10.2. The Morgan fingerprint density at radius 2 is 2.05 bits per heavy atom. The van der Waals surface area contributed by atoms with Crippen molar-refractivity contribution in [3.63, 3.8) is 0 Å². The Labute approximate surface area is 119 Å². The van der Waals surface area contributed by atoms with Gasteiger partial charge >= 0.3 is 6.03 Å². The Morgan fingerprint density at radius 1 is 1.37 bits per heavy atom. The molecule has 0 bridgehead atoms. The number of carbonyl (C=O) groups excluding carboxylic acids is 1. The molecule has 0 aliphatic heterocycles. The largest absolute Gasteiger partial charge is 0.395 e. The molecular weight excluding hydrogens is 260 g/mol. The average Bonchev–Trinajstić information content (AvgIpc) is 2.40. The van der Waals surface area contributed by atoms with E-state index in [2.05, 4.69) is 36.5 Å². The molecule has 0 aromatic heterocycles. The van der Waals surface area contributed by atoms with E-state index in [9.17, 15) is 4.79 Å². The minimum Gasteiger partial charge on any atom is -0.395 e. The van der Waals surface area contributed by atoms with Crippen molar-refractivity contribution in [2.24, 2.45) is 0 Å². The fourth-order valence-electron chi connectivity index (χ4n) is 1.49. The van der Waals surface area contributed by atoms with Crippen LogP contribution in [0.1, 0.15) is 11.1 Å². The molecule has 1 aromatic carbocycles. The zero-order valence-electron chi connectivity index (χ0n) is 11.6. The van der Waals surface area contributed by atoms with Crippen LogP contribution in [0, 0.1) is 6.92 Å². The van der Waals surface area contributed by atoms with Gasteiger partial charge in [0, 0.05) is 31.6 Å². The number of hydrogen-bond acceptors (Lipinski definition) is 3. The molecule has 0 saturated carbocycles. The van der Waals surface area contributed by atoms with Crippen molar-refractivity contribution in [2.75, 3.05) is 32.5 Å².